The van der Waals surface area contributed by atoms with E-state index in [1.54, 1.807) is 0 Å². The number of benzene rings is 1. The minimum atomic E-state index is -0.721. The highest BCUT2D eigenvalue weighted by Gasteiger charge is 2.15. The number of hydrogen-bond donors (Lipinski definition) is 2. The maximum absolute atomic E-state index is 10.8. The topological polar surface area (TPSA) is 49.3 Å². The highest BCUT2D eigenvalue weighted by Crippen LogP contribution is 2.11. The van der Waals surface area contributed by atoms with Gasteiger partial charge in [-0.1, -0.05) is 44.2 Å². The molecule has 1 rings (SSSR count). The summed E-state index contributed by atoms with van der Waals surface area (Å²) in [4.78, 5) is 10.8. The molecule has 0 aliphatic heterocycles. The lowest BCUT2D eigenvalue weighted by atomic mass is 9.99. The van der Waals surface area contributed by atoms with E-state index in [0.717, 1.165) is 12.8 Å². The van der Waals surface area contributed by atoms with Crippen LogP contribution in [0.1, 0.15) is 45.6 Å². The van der Waals surface area contributed by atoms with E-state index in [-0.39, 0.29) is 12.5 Å². The molecule has 0 amide bonds. The second kappa shape index (κ2) is 8.75. The molecular weight excluding hydrogens is 250 g/mol. The first-order valence-electron chi connectivity index (χ1n) is 7.49. The van der Waals surface area contributed by atoms with E-state index in [1.807, 2.05) is 18.2 Å². The fourth-order valence-electron chi connectivity index (χ4n) is 2.62. The van der Waals surface area contributed by atoms with E-state index in [1.165, 1.54) is 5.56 Å². The zero-order valence-electron chi connectivity index (χ0n) is 12.8. The molecule has 0 radical (unpaired) electrons. The monoisotopic (exact) mass is 277 g/mol. The Morgan fingerprint density at radius 3 is 2.40 bits per heavy atom. The van der Waals surface area contributed by atoms with Crippen LogP contribution in [-0.2, 0) is 11.2 Å². The van der Waals surface area contributed by atoms with Crippen LogP contribution < -0.4 is 5.32 Å². The van der Waals surface area contributed by atoms with Crippen molar-refractivity contribution in [2.24, 2.45) is 5.92 Å². The zero-order chi connectivity index (χ0) is 15.0. The molecule has 0 heterocycles. The predicted octanol–water partition coefficient (Wildman–Crippen LogP) is 3.49. The third-order valence-electron chi connectivity index (χ3n) is 3.38. The van der Waals surface area contributed by atoms with Crippen molar-refractivity contribution in [3.05, 3.63) is 35.9 Å². The molecule has 1 aromatic carbocycles. The van der Waals surface area contributed by atoms with E-state index in [0.29, 0.717) is 18.4 Å². The van der Waals surface area contributed by atoms with Gasteiger partial charge in [0, 0.05) is 18.5 Å². The number of carboxylic acid groups (broad SMARTS) is 1. The van der Waals surface area contributed by atoms with Gasteiger partial charge in [0.1, 0.15) is 0 Å². The molecule has 1 aromatic rings. The number of rotatable bonds is 9. The Hall–Kier alpha value is -1.35. The van der Waals surface area contributed by atoms with Crippen LogP contribution in [-0.4, -0.2) is 23.2 Å². The molecule has 0 saturated heterocycles. The third-order valence-corrected chi connectivity index (χ3v) is 3.38. The highest BCUT2D eigenvalue weighted by molar-refractivity contribution is 5.66. The fourth-order valence-corrected chi connectivity index (χ4v) is 2.62. The minimum absolute atomic E-state index is 0.221. The Labute approximate surface area is 122 Å². The van der Waals surface area contributed by atoms with Crippen molar-refractivity contribution in [3.8, 4) is 0 Å². The van der Waals surface area contributed by atoms with Crippen LogP contribution in [0.4, 0.5) is 0 Å². The van der Waals surface area contributed by atoms with Crippen LogP contribution in [0.3, 0.4) is 0 Å². The van der Waals surface area contributed by atoms with Gasteiger partial charge in [-0.2, -0.15) is 0 Å². The van der Waals surface area contributed by atoms with Crippen LogP contribution >= 0.6 is 0 Å². The second-order valence-electron chi connectivity index (χ2n) is 6.02. The normalized spacial score (nSPS) is 14.2. The third kappa shape index (κ3) is 7.29. The Balaban J connectivity index is 2.57. The van der Waals surface area contributed by atoms with Gasteiger partial charge in [-0.3, -0.25) is 4.79 Å². The average molecular weight is 277 g/mol. The molecule has 0 fully saturated rings. The summed E-state index contributed by atoms with van der Waals surface area (Å²) in [6.45, 7) is 6.60. The summed E-state index contributed by atoms with van der Waals surface area (Å²) in [6, 6.07) is 10.9. The molecule has 112 valence electrons. The van der Waals surface area contributed by atoms with Crippen molar-refractivity contribution in [3.63, 3.8) is 0 Å². The first kappa shape index (κ1) is 16.7. The maximum Gasteiger partial charge on any atom is 0.303 e. The number of aliphatic carboxylic acids is 1. The van der Waals surface area contributed by atoms with Crippen molar-refractivity contribution < 1.29 is 9.90 Å². The van der Waals surface area contributed by atoms with E-state index >= 15 is 0 Å². The molecule has 0 saturated carbocycles. The van der Waals surface area contributed by atoms with E-state index in [4.69, 9.17) is 5.11 Å². The Kier molecular flexibility index (Phi) is 7.31. The molecule has 0 aromatic heterocycles. The number of hydrogen-bond acceptors (Lipinski definition) is 2. The minimum Gasteiger partial charge on any atom is -0.481 e. The molecule has 2 unspecified atom stereocenters. The SMILES string of the molecule is CC(C)CC(C)NC(CCC(=O)O)Cc1ccccc1. The van der Waals surface area contributed by atoms with Crippen LogP contribution in [0.5, 0.6) is 0 Å². The summed E-state index contributed by atoms with van der Waals surface area (Å²) >= 11 is 0. The van der Waals surface area contributed by atoms with Crippen molar-refractivity contribution >= 4 is 5.97 Å². The van der Waals surface area contributed by atoms with Crippen LogP contribution in [0.25, 0.3) is 0 Å². The van der Waals surface area contributed by atoms with E-state index < -0.39 is 5.97 Å². The molecule has 0 bridgehead atoms. The smallest absolute Gasteiger partial charge is 0.303 e. The van der Waals surface area contributed by atoms with Crippen LogP contribution in [0, 0.1) is 5.92 Å². The van der Waals surface area contributed by atoms with Crippen LogP contribution in [0.15, 0.2) is 30.3 Å². The average Bonchev–Trinajstić information content (AvgIpc) is 2.36. The molecule has 3 nitrogen and oxygen atoms in total. The number of carboxylic acids is 1. The fraction of sp³-hybridized carbons (Fsp3) is 0.588. The molecule has 0 aliphatic rings. The van der Waals surface area contributed by atoms with Crippen molar-refractivity contribution in [1.82, 2.24) is 5.32 Å². The first-order valence-corrected chi connectivity index (χ1v) is 7.49. The molecule has 20 heavy (non-hydrogen) atoms. The number of nitrogens with one attached hydrogen (secondary N) is 1. The van der Waals surface area contributed by atoms with Gasteiger partial charge in [-0.05, 0) is 37.7 Å². The lowest BCUT2D eigenvalue weighted by Gasteiger charge is -2.24. The van der Waals surface area contributed by atoms with E-state index in [2.05, 4.69) is 38.2 Å². The van der Waals surface area contributed by atoms with Crippen molar-refractivity contribution in [2.75, 3.05) is 0 Å². The zero-order valence-corrected chi connectivity index (χ0v) is 12.8. The second-order valence-corrected chi connectivity index (χ2v) is 6.02. The summed E-state index contributed by atoms with van der Waals surface area (Å²) in [5.41, 5.74) is 1.26. The van der Waals surface area contributed by atoms with E-state index in [9.17, 15) is 4.79 Å². The van der Waals surface area contributed by atoms with Gasteiger partial charge in [-0.25, -0.2) is 0 Å². The summed E-state index contributed by atoms with van der Waals surface area (Å²) in [5.74, 6) is -0.0734. The standard InChI is InChI=1S/C17H27NO2/c1-13(2)11-14(3)18-16(9-10-17(19)20)12-15-7-5-4-6-8-15/h4-8,13-14,16,18H,9-12H2,1-3H3,(H,19,20). The maximum atomic E-state index is 10.8. The molecular formula is C17H27NO2. The first-order chi connectivity index (χ1) is 9.47. The van der Waals surface area contributed by atoms with Gasteiger partial charge in [0.05, 0.1) is 0 Å². The summed E-state index contributed by atoms with van der Waals surface area (Å²) in [6.07, 6.45) is 2.89. The highest BCUT2D eigenvalue weighted by atomic mass is 16.4. The van der Waals surface area contributed by atoms with Gasteiger partial charge in [0.2, 0.25) is 0 Å². The van der Waals surface area contributed by atoms with Crippen molar-refractivity contribution in [1.29, 1.82) is 0 Å². The Bertz CT molecular complexity index is 389. The molecule has 2 N–H and O–H groups in total. The molecule has 3 heteroatoms. The van der Waals surface area contributed by atoms with Gasteiger partial charge in [-0.15, -0.1) is 0 Å². The van der Waals surface area contributed by atoms with Crippen LogP contribution in [0.2, 0.25) is 0 Å². The lowest BCUT2D eigenvalue weighted by molar-refractivity contribution is -0.137. The van der Waals surface area contributed by atoms with Gasteiger partial charge >= 0.3 is 5.97 Å². The van der Waals surface area contributed by atoms with Crippen molar-refractivity contribution in [2.45, 2.75) is 58.5 Å². The predicted molar refractivity (Wildman–Crippen MR) is 82.9 cm³/mol. The summed E-state index contributed by atoms with van der Waals surface area (Å²) < 4.78 is 0. The lowest BCUT2D eigenvalue weighted by Crippen LogP contribution is -2.39. The molecule has 0 aliphatic carbocycles. The van der Waals surface area contributed by atoms with Gasteiger partial charge in [0.25, 0.3) is 0 Å². The van der Waals surface area contributed by atoms with Gasteiger partial charge < -0.3 is 10.4 Å². The molecule has 0 spiro atoms. The Morgan fingerprint density at radius 1 is 1.20 bits per heavy atom. The number of carbonyl (C=O) groups is 1. The summed E-state index contributed by atoms with van der Waals surface area (Å²) in [7, 11) is 0. The quantitative estimate of drug-likeness (QED) is 0.726. The largest absolute Gasteiger partial charge is 0.481 e. The van der Waals surface area contributed by atoms with Gasteiger partial charge in [0.15, 0.2) is 0 Å². The summed E-state index contributed by atoms with van der Waals surface area (Å²) in [5, 5.41) is 12.5. The Morgan fingerprint density at radius 2 is 1.85 bits per heavy atom. The molecule has 2 atom stereocenters.